The summed E-state index contributed by atoms with van der Waals surface area (Å²) in [5.74, 6) is -0.491. The summed E-state index contributed by atoms with van der Waals surface area (Å²) in [6, 6.07) is 7.80. The topological polar surface area (TPSA) is 79.6 Å². The largest absolute Gasteiger partial charge is 0.503 e. The lowest BCUT2D eigenvalue weighted by Gasteiger charge is -2.24. The van der Waals surface area contributed by atoms with Crippen LogP contribution in [0.1, 0.15) is 43.2 Å². The van der Waals surface area contributed by atoms with Gasteiger partial charge < -0.3 is 5.11 Å². The molecule has 6 nitrogen and oxygen atoms in total. The minimum atomic E-state index is -4.04. The third-order valence-corrected chi connectivity index (χ3v) is 6.71. The molecule has 0 amide bonds. The number of nitrogens with zero attached hydrogens (tertiary/aromatic N) is 2. The maximum Gasteiger partial charge on any atom is 0.306 e. The number of aryl methyl sites for hydroxylation is 1. The van der Waals surface area contributed by atoms with Gasteiger partial charge in [0, 0.05) is 18.3 Å². The zero-order chi connectivity index (χ0) is 19.4. The molecule has 0 bridgehead atoms. The van der Waals surface area contributed by atoms with Crippen LogP contribution in [0.15, 0.2) is 46.2 Å². The van der Waals surface area contributed by atoms with Crippen molar-refractivity contribution < 1.29 is 13.5 Å². The second kappa shape index (κ2) is 8.27. The Hall–Kier alpha value is -2.12. The number of benzene rings is 1. The monoisotopic (exact) mass is 390 g/mol. The first kappa shape index (κ1) is 19.6. The Bertz CT molecular complexity index is 941. The fourth-order valence-electron chi connectivity index (χ4n) is 3.40. The van der Waals surface area contributed by atoms with Crippen LogP contribution in [0.25, 0.3) is 0 Å². The molecule has 3 rings (SSSR count). The molecule has 1 aromatic heterocycles. The van der Waals surface area contributed by atoms with Crippen molar-refractivity contribution in [1.82, 2.24) is 8.87 Å². The molecule has 2 heterocycles. The van der Waals surface area contributed by atoms with Crippen LogP contribution in [-0.4, -0.2) is 35.5 Å². The number of hydrogen-bond donors (Lipinski definition) is 1. The number of aromatic nitrogens is 1. The van der Waals surface area contributed by atoms with E-state index < -0.39 is 21.3 Å². The summed E-state index contributed by atoms with van der Waals surface area (Å²) in [4.78, 5) is 14.8. The fraction of sp³-hybridized carbons (Fsp3) is 0.450. The highest BCUT2D eigenvalue weighted by molar-refractivity contribution is 7.90. The van der Waals surface area contributed by atoms with Gasteiger partial charge in [0.05, 0.1) is 4.90 Å². The Morgan fingerprint density at radius 2 is 1.56 bits per heavy atom. The van der Waals surface area contributed by atoms with Gasteiger partial charge in [0.25, 0.3) is 10.0 Å². The lowest BCUT2D eigenvalue weighted by Crippen LogP contribution is -2.30. The Morgan fingerprint density at radius 1 is 0.963 bits per heavy atom. The van der Waals surface area contributed by atoms with Crippen LogP contribution >= 0.6 is 0 Å². The summed E-state index contributed by atoms with van der Waals surface area (Å²) >= 11 is 0. The SMILES string of the molecule is Cc1ccc(S(=O)(=O)n2ccc(CN3CCCCCCC3)c(O)c2=O)cc1. The Kier molecular flexibility index (Phi) is 6.01. The van der Waals surface area contributed by atoms with Gasteiger partial charge in [-0.05, 0) is 51.1 Å². The maximum atomic E-state index is 12.7. The van der Waals surface area contributed by atoms with Crippen LogP contribution in [0, 0.1) is 6.92 Å². The lowest BCUT2D eigenvalue weighted by atomic mass is 10.1. The molecule has 27 heavy (non-hydrogen) atoms. The van der Waals surface area contributed by atoms with Crippen molar-refractivity contribution in [3.05, 3.63) is 58.0 Å². The number of hydrogen-bond acceptors (Lipinski definition) is 5. The summed E-state index contributed by atoms with van der Waals surface area (Å²) in [6.07, 6.45) is 7.08. The predicted molar refractivity (Wildman–Crippen MR) is 104 cm³/mol. The molecule has 0 saturated carbocycles. The molecule has 0 unspecified atom stereocenters. The molecular weight excluding hydrogens is 364 g/mol. The molecule has 1 aliphatic heterocycles. The van der Waals surface area contributed by atoms with E-state index in [1.807, 2.05) is 6.92 Å². The molecule has 1 aliphatic rings. The van der Waals surface area contributed by atoms with Gasteiger partial charge in [0.15, 0.2) is 5.75 Å². The minimum Gasteiger partial charge on any atom is -0.503 e. The maximum absolute atomic E-state index is 12.7. The van der Waals surface area contributed by atoms with Crippen molar-refractivity contribution in [1.29, 1.82) is 0 Å². The van der Waals surface area contributed by atoms with Crippen molar-refractivity contribution in [2.45, 2.75) is 50.5 Å². The number of likely N-dealkylation sites (tertiary alicyclic amines) is 1. The smallest absolute Gasteiger partial charge is 0.306 e. The van der Waals surface area contributed by atoms with Crippen LogP contribution in [-0.2, 0) is 16.6 Å². The third kappa shape index (κ3) is 4.42. The van der Waals surface area contributed by atoms with E-state index in [9.17, 15) is 18.3 Å². The minimum absolute atomic E-state index is 0.0196. The normalized spacial score (nSPS) is 16.6. The van der Waals surface area contributed by atoms with Crippen molar-refractivity contribution >= 4 is 10.0 Å². The zero-order valence-electron chi connectivity index (χ0n) is 15.6. The second-order valence-corrected chi connectivity index (χ2v) is 8.97. The van der Waals surface area contributed by atoms with Crippen LogP contribution < -0.4 is 5.56 Å². The number of rotatable bonds is 4. The standard InChI is InChI=1S/C20H26N2O4S/c1-16-7-9-18(10-8-16)27(25,26)22-14-11-17(19(23)20(22)24)15-21-12-5-3-2-4-6-13-21/h7-11,14,23H,2-6,12-13,15H2,1H3. The van der Waals surface area contributed by atoms with Crippen LogP contribution in [0.4, 0.5) is 0 Å². The van der Waals surface area contributed by atoms with E-state index in [1.165, 1.54) is 43.7 Å². The molecule has 0 aliphatic carbocycles. The van der Waals surface area contributed by atoms with E-state index in [0.717, 1.165) is 31.5 Å². The first-order valence-corrected chi connectivity index (χ1v) is 10.8. The van der Waals surface area contributed by atoms with Crippen molar-refractivity contribution in [2.75, 3.05) is 13.1 Å². The highest BCUT2D eigenvalue weighted by Gasteiger charge is 2.22. The van der Waals surface area contributed by atoms with E-state index in [0.29, 0.717) is 16.1 Å². The molecule has 1 aromatic carbocycles. The van der Waals surface area contributed by atoms with Crippen LogP contribution in [0.2, 0.25) is 0 Å². The van der Waals surface area contributed by atoms with E-state index in [1.54, 1.807) is 12.1 Å². The van der Waals surface area contributed by atoms with Crippen molar-refractivity contribution in [2.24, 2.45) is 0 Å². The van der Waals surface area contributed by atoms with E-state index in [2.05, 4.69) is 4.90 Å². The Balaban J connectivity index is 1.88. The van der Waals surface area contributed by atoms with Crippen molar-refractivity contribution in [3.8, 4) is 5.75 Å². The van der Waals surface area contributed by atoms with Gasteiger partial charge in [-0.1, -0.05) is 37.0 Å². The molecule has 0 atom stereocenters. The first-order valence-electron chi connectivity index (χ1n) is 9.38. The molecule has 146 valence electrons. The molecule has 1 saturated heterocycles. The highest BCUT2D eigenvalue weighted by Crippen LogP contribution is 2.19. The average Bonchev–Trinajstić information content (AvgIpc) is 2.61. The van der Waals surface area contributed by atoms with Gasteiger partial charge in [0.1, 0.15) is 0 Å². The quantitative estimate of drug-likeness (QED) is 0.868. The molecule has 7 heteroatoms. The Labute approximate surface area is 160 Å². The molecule has 1 fully saturated rings. The summed E-state index contributed by atoms with van der Waals surface area (Å²) in [5, 5.41) is 10.4. The molecule has 0 radical (unpaired) electrons. The molecule has 2 aromatic rings. The average molecular weight is 391 g/mol. The van der Waals surface area contributed by atoms with Gasteiger partial charge in [-0.25, -0.2) is 12.4 Å². The number of pyridine rings is 1. The summed E-state index contributed by atoms with van der Waals surface area (Å²) in [7, 11) is -4.04. The highest BCUT2D eigenvalue weighted by atomic mass is 32.2. The number of aromatic hydroxyl groups is 1. The Morgan fingerprint density at radius 3 is 2.19 bits per heavy atom. The van der Waals surface area contributed by atoms with Gasteiger partial charge in [-0.2, -0.15) is 0 Å². The fourth-order valence-corrected chi connectivity index (χ4v) is 4.63. The van der Waals surface area contributed by atoms with Gasteiger partial charge in [0.2, 0.25) is 0 Å². The van der Waals surface area contributed by atoms with Gasteiger partial charge in [-0.15, -0.1) is 0 Å². The predicted octanol–water partition coefficient (Wildman–Crippen LogP) is 2.87. The summed E-state index contributed by atoms with van der Waals surface area (Å²) in [6.45, 7) is 4.15. The third-order valence-electron chi connectivity index (χ3n) is 5.04. The second-order valence-electron chi connectivity index (χ2n) is 7.15. The summed E-state index contributed by atoms with van der Waals surface area (Å²) < 4.78 is 26.1. The van der Waals surface area contributed by atoms with Crippen molar-refractivity contribution in [3.63, 3.8) is 0 Å². The first-order chi connectivity index (χ1) is 12.9. The lowest BCUT2D eigenvalue weighted by molar-refractivity contribution is 0.236. The van der Waals surface area contributed by atoms with Gasteiger partial charge >= 0.3 is 5.56 Å². The van der Waals surface area contributed by atoms with Crippen LogP contribution in [0.5, 0.6) is 5.75 Å². The van der Waals surface area contributed by atoms with E-state index in [-0.39, 0.29) is 4.90 Å². The van der Waals surface area contributed by atoms with Crippen LogP contribution in [0.3, 0.4) is 0 Å². The van der Waals surface area contributed by atoms with E-state index in [4.69, 9.17) is 0 Å². The summed E-state index contributed by atoms with van der Waals surface area (Å²) in [5.41, 5.74) is 0.490. The molecular formula is C20H26N2O4S. The zero-order valence-corrected chi connectivity index (χ0v) is 16.4. The van der Waals surface area contributed by atoms with E-state index >= 15 is 0 Å². The molecule has 0 spiro atoms. The molecule has 1 N–H and O–H groups in total. The van der Waals surface area contributed by atoms with Gasteiger partial charge in [-0.3, -0.25) is 9.69 Å².